The molecule has 1 aromatic carbocycles. The number of aryl methyl sites for hydroxylation is 2. The number of carbonyl (C=O) groups excluding carboxylic acids is 2. The van der Waals surface area contributed by atoms with Crippen molar-refractivity contribution < 1.29 is 9.59 Å². The number of nitrogens with one attached hydrogen (secondary N) is 1. The van der Waals surface area contributed by atoms with E-state index >= 15 is 0 Å². The summed E-state index contributed by atoms with van der Waals surface area (Å²) in [6, 6.07) is 13.2. The number of anilines is 1. The lowest BCUT2D eigenvalue weighted by atomic mass is 9.90. The van der Waals surface area contributed by atoms with Gasteiger partial charge in [-0.15, -0.1) is 0 Å². The molecule has 1 aliphatic rings. The summed E-state index contributed by atoms with van der Waals surface area (Å²) in [4.78, 5) is 29.4. The molecule has 0 bridgehead atoms. The zero-order valence-corrected chi connectivity index (χ0v) is 15.5. The van der Waals surface area contributed by atoms with Crippen molar-refractivity contribution in [2.75, 3.05) is 5.32 Å². The average Bonchev–Trinajstić information content (AvgIpc) is 2.97. The van der Waals surface area contributed by atoms with E-state index in [0.29, 0.717) is 17.7 Å². The first-order valence-electron chi connectivity index (χ1n) is 9.12. The molecule has 1 aliphatic carbocycles. The normalized spacial score (nSPS) is 13.3. The lowest BCUT2D eigenvalue weighted by Crippen LogP contribution is -2.15. The molecule has 27 heavy (non-hydrogen) atoms. The fourth-order valence-electron chi connectivity index (χ4n) is 3.74. The highest BCUT2D eigenvalue weighted by Crippen LogP contribution is 2.25. The van der Waals surface area contributed by atoms with Gasteiger partial charge in [0.25, 0.3) is 5.91 Å². The number of ketones is 1. The third-order valence-electron chi connectivity index (χ3n) is 5.07. The minimum Gasteiger partial charge on any atom is -0.322 e. The second-order valence-corrected chi connectivity index (χ2v) is 6.91. The molecule has 5 nitrogen and oxygen atoms in total. The Hall–Kier alpha value is -3.21. The third-order valence-corrected chi connectivity index (χ3v) is 5.07. The molecule has 0 fully saturated rings. The maximum Gasteiger partial charge on any atom is 0.257 e. The summed E-state index contributed by atoms with van der Waals surface area (Å²) in [5.74, 6) is 0.750. The maximum atomic E-state index is 12.9. The number of pyridine rings is 1. The van der Waals surface area contributed by atoms with E-state index < -0.39 is 0 Å². The van der Waals surface area contributed by atoms with Crippen LogP contribution in [0.4, 0.5) is 5.69 Å². The van der Waals surface area contributed by atoms with Gasteiger partial charge in [-0.25, -0.2) is 4.98 Å². The summed E-state index contributed by atoms with van der Waals surface area (Å²) in [6.07, 6.45) is 4.13. The monoisotopic (exact) mass is 359 g/mol. The Morgan fingerprint density at radius 2 is 1.96 bits per heavy atom. The smallest absolute Gasteiger partial charge is 0.257 e. The predicted octanol–water partition coefficient (Wildman–Crippen LogP) is 4.26. The second-order valence-electron chi connectivity index (χ2n) is 6.91. The Kier molecular flexibility index (Phi) is 4.36. The minimum atomic E-state index is -0.187. The standard InChI is InChI=1S/C22H21N3O2/c1-14-12-18(15(2)25(14)21-8-3-4-11-23-21)22(27)24-17-10-9-16-6-5-7-20(26)19(16)13-17/h3-4,8-13H,5-7H2,1-2H3,(H,24,27). The van der Waals surface area contributed by atoms with Crippen LogP contribution in [0.2, 0.25) is 0 Å². The highest BCUT2D eigenvalue weighted by Gasteiger charge is 2.20. The number of fused-ring (bicyclic) bond motifs is 1. The molecule has 0 spiro atoms. The van der Waals surface area contributed by atoms with E-state index in [-0.39, 0.29) is 11.7 Å². The number of amides is 1. The van der Waals surface area contributed by atoms with Gasteiger partial charge < -0.3 is 9.88 Å². The molecule has 4 rings (SSSR count). The summed E-state index contributed by atoms with van der Waals surface area (Å²) in [5, 5.41) is 2.94. The van der Waals surface area contributed by atoms with Crippen LogP contribution in [-0.4, -0.2) is 21.2 Å². The number of carbonyl (C=O) groups is 2. The first kappa shape index (κ1) is 17.2. The number of benzene rings is 1. The van der Waals surface area contributed by atoms with Crippen molar-refractivity contribution in [2.45, 2.75) is 33.1 Å². The fraction of sp³-hybridized carbons (Fsp3) is 0.227. The molecule has 1 N–H and O–H groups in total. The number of nitrogens with zero attached hydrogens (tertiary/aromatic N) is 2. The zero-order valence-electron chi connectivity index (χ0n) is 15.5. The van der Waals surface area contributed by atoms with Crippen molar-refractivity contribution in [2.24, 2.45) is 0 Å². The van der Waals surface area contributed by atoms with Gasteiger partial charge in [0.2, 0.25) is 0 Å². The van der Waals surface area contributed by atoms with Gasteiger partial charge in [0.15, 0.2) is 5.78 Å². The van der Waals surface area contributed by atoms with Gasteiger partial charge in [-0.3, -0.25) is 9.59 Å². The molecular weight excluding hydrogens is 338 g/mol. The van der Waals surface area contributed by atoms with E-state index in [1.165, 1.54) is 0 Å². The average molecular weight is 359 g/mol. The van der Waals surface area contributed by atoms with Crippen molar-refractivity contribution in [1.29, 1.82) is 0 Å². The van der Waals surface area contributed by atoms with E-state index in [1.54, 1.807) is 12.3 Å². The third kappa shape index (κ3) is 3.16. The molecule has 0 aliphatic heterocycles. The molecule has 0 saturated carbocycles. The molecular formula is C22H21N3O2. The van der Waals surface area contributed by atoms with Crippen LogP contribution in [0.25, 0.3) is 5.82 Å². The van der Waals surface area contributed by atoms with Crippen LogP contribution in [0.5, 0.6) is 0 Å². The van der Waals surface area contributed by atoms with E-state index in [9.17, 15) is 9.59 Å². The fourth-order valence-corrected chi connectivity index (χ4v) is 3.74. The summed E-state index contributed by atoms with van der Waals surface area (Å²) in [5.41, 5.74) is 4.82. The number of hydrogen-bond donors (Lipinski definition) is 1. The Labute approximate surface area is 158 Å². The van der Waals surface area contributed by atoms with Gasteiger partial charge >= 0.3 is 0 Å². The lowest BCUT2D eigenvalue weighted by molar-refractivity contribution is 0.0970. The van der Waals surface area contributed by atoms with Crippen LogP contribution in [0.3, 0.4) is 0 Å². The summed E-state index contributed by atoms with van der Waals surface area (Å²) < 4.78 is 1.96. The van der Waals surface area contributed by atoms with Crippen LogP contribution in [0.1, 0.15) is 50.5 Å². The summed E-state index contributed by atoms with van der Waals surface area (Å²) >= 11 is 0. The minimum absolute atomic E-state index is 0.153. The Morgan fingerprint density at radius 1 is 1.11 bits per heavy atom. The molecule has 2 aromatic heterocycles. The molecule has 0 unspecified atom stereocenters. The Bertz CT molecular complexity index is 1040. The molecule has 0 radical (unpaired) electrons. The van der Waals surface area contributed by atoms with Crippen LogP contribution in [-0.2, 0) is 6.42 Å². The van der Waals surface area contributed by atoms with Gasteiger partial charge in [-0.2, -0.15) is 0 Å². The SMILES string of the molecule is Cc1cc(C(=O)Nc2ccc3c(c2)C(=O)CCC3)c(C)n1-c1ccccn1. The second kappa shape index (κ2) is 6.83. The number of rotatable bonds is 3. The van der Waals surface area contributed by atoms with Gasteiger partial charge in [0.05, 0.1) is 5.56 Å². The maximum absolute atomic E-state index is 12.9. The first-order valence-corrected chi connectivity index (χ1v) is 9.12. The first-order chi connectivity index (χ1) is 13.0. The van der Waals surface area contributed by atoms with E-state index in [0.717, 1.165) is 41.2 Å². The zero-order chi connectivity index (χ0) is 19.0. The molecule has 5 heteroatoms. The molecule has 2 heterocycles. The van der Waals surface area contributed by atoms with Crippen LogP contribution in [0, 0.1) is 13.8 Å². The van der Waals surface area contributed by atoms with Gasteiger partial charge in [0.1, 0.15) is 5.82 Å². The van der Waals surface area contributed by atoms with Gasteiger partial charge in [-0.1, -0.05) is 12.1 Å². The van der Waals surface area contributed by atoms with Crippen molar-refractivity contribution in [3.8, 4) is 5.82 Å². The topological polar surface area (TPSA) is 64.0 Å². The number of aromatic nitrogens is 2. The Balaban J connectivity index is 1.63. The van der Waals surface area contributed by atoms with Crippen LogP contribution in [0.15, 0.2) is 48.7 Å². The highest BCUT2D eigenvalue weighted by molar-refractivity contribution is 6.06. The molecule has 136 valence electrons. The lowest BCUT2D eigenvalue weighted by Gasteiger charge is -2.16. The molecule has 3 aromatic rings. The van der Waals surface area contributed by atoms with E-state index in [2.05, 4.69) is 10.3 Å². The highest BCUT2D eigenvalue weighted by atomic mass is 16.1. The van der Waals surface area contributed by atoms with Gasteiger partial charge in [-0.05, 0) is 62.6 Å². The summed E-state index contributed by atoms with van der Waals surface area (Å²) in [6.45, 7) is 3.86. The van der Waals surface area contributed by atoms with Gasteiger partial charge in [0, 0.05) is 35.3 Å². The number of Topliss-reactive ketones (excluding diaryl/α,β-unsaturated/α-hetero) is 1. The van der Waals surface area contributed by atoms with Crippen molar-refractivity contribution in [3.05, 3.63) is 76.7 Å². The van der Waals surface area contributed by atoms with E-state index in [4.69, 9.17) is 0 Å². The van der Waals surface area contributed by atoms with Crippen molar-refractivity contribution in [3.63, 3.8) is 0 Å². The molecule has 0 saturated heterocycles. The van der Waals surface area contributed by atoms with Crippen LogP contribution >= 0.6 is 0 Å². The van der Waals surface area contributed by atoms with Crippen molar-refractivity contribution >= 4 is 17.4 Å². The summed E-state index contributed by atoms with van der Waals surface area (Å²) in [7, 11) is 0. The van der Waals surface area contributed by atoms with E-state index in [1.807, 2.05) is 54.8 Å². The molecule has 0 atom stereocenters. The predicted molar refractivity (Wildman–Crippen MR) is 105 cm³/mol. The van der Waals surface area contributed by atoms with Crippen LogP contribution < -0.4 is 5.32 Å². The molecule has 1 amide bonds. The largest absolute Gasteiger partial charge is 0.322 e. The number of hydrogen-bond acceptors (Lipinski definition) is 3. The quantitative estimate of drug-likeness (QED) is 0.760. The Morgan fingerprint density at radius 3 is 2.74 bits per heavy atom. The van der Waals surface area contributed by atoms with Crippen molar-refractivity contribution in [1.82, 2.24) is 9.55 Å².